The second-order valence-electron chi connectivity index (χ2n) is 14.3. The number of ether oxygens (including phenoxy) is 2. The molecule has 1 unspecified atom stereocenters. The number of piperidine rings is 1. The number of unbranched alkanes of at least 4 members (excludes halogenated alkanes) is 5. The zero-order chi connectivity index (χ0) is 41.2. The first kappa shape index (κ1) is 41.1. The summed E-state index contributed by atoms with van der Waals surface area (Å²) in [5.41, 5.74) is 4.21. The van der Waals surface area contributed by atoms with Crippen molar-refractivity contribution in [3.63, 3.8) is 0 Å². The first-order valence-electron chi connectivity index (χ1n) is 19.4. The van der Waals surface area contributed by atoms with Crippen molar-refractivity contribution in [2.75, 3.05) is 26.3 Å². The maximum absolute atomic E-state index is 13.2. The Kier molecular flexibility index (Phi) is 13.5. The number of nitrogens with zero attached hydrogens (tertiary/aromatic N) is 1. The predicted octanol–water partition coefficient (Wildman–Crippen LogP) is 3.42. The van der Waals surface area contributed by atoms with E-state index in [0.717, 1.165) is 52.8 Å². The highest BCUT2D eigenvalue weighted by atomic mass is 16.5. The van der Waals surface area contributed by atoms with E-state index in [1.54, 1.807) is 0 Å². The van der Waals surface area contributed by atoms with Crippen LogP contribution in [0.25, 0.3) is 11.1 Å². The number of carbonyl (C=O) groups excluding carboxylic acids is 7. The maximum Gasteiger partial charge on any atom is 0.407 e. The number of benzene rings is 3. The summed E-state index contributed by atoms with van der Waals surface area (Å²) in [6.45, 7) is 0.386. The molecular formula is C42H45N5O11. The molecule has 304 valence electrons. The zero-order valence-corrected chi connectivity index (χ0v) is 31.8. The molecule has 7 amide bonds. The Morgan fingerprint density at radius 2 is 1.36 bits per heavy atom. The summed E-state index contributed by atoms with van der Waals surface area (Å²) in [5.74, 6) is -4.98. The van der Waals surface area contributed by atoms with Crippen LogP contribution in [0.1, 0.15) is 95.5 Å². The molecule has 3 aromatic rings. The van der Waals surface area contributed by atoms with Gasteiger partial charge in [-0.05, 0) is 53.6 Å². The Bertz CT molecular complexity index is 2060. The lowest BCUT2D eigenvalue weighted by Gasteiger charge is -2.27. The summed E-state index contributed by atoms with van der Waals surface area (Å²) >= 11 is 0. The lowest BCUT2D eigenvalue weighted by molar-refractivity contribution is -0.141. The van der Waals surface area contributed by atoms with Crippen molar-refractivity contribution in [1.82, 2.24) is 26.2 Å². The van der Waals surface area contributed by atoms with E-state index in [1.165, 1.54) is 18.2 Å². The first-order valence-corrected chi connectivity index (χ1v) is 19.4. The van der Waals surface area contributed by atoms with Crippen molar-refractivity contribution < 1.29 is 52.9 Å². The lowest BCUT2D eigenvalue weighted by Crippen LogP contribution is -2.54. The van der Waals surface area contributed by atoms with Gasteiger partial charge in [-0.2, -0.15) is 0 Å². The number of hydrogen-bond acceptors (Lipinski definition) is 10. The van der Waals surface area contributed by atoms with E-state index < -0.39 is 66.0 Å². The van der Waals surface area contributed by atoms with Gasteiger partial charge >= 0.3 is 12.1 Å². The monoisotopic (exact) mass is 795 g/mol. The van der Waals surface area contributed by atoms with E-state index in [9.17, 15) is 43.5 Å². The molecule has 3 aliphatic rings. The predicted molar refractivity (Wildman–Crippen MR) is 207 cm³/mol. The van der Waals surface area contributed by atoms with E-state index in [-0.39, 0.29) is 48.8 Å². The van der Waals surface area contributed by atoms with Gasteiger partial charge in [0.2, 0.25) is 17.7 Å². The smallest absolute Gasteiger partial charge is 0.407 e. The third-order valence-electron chi connectivity index (χ3n) is 10.4. The summed E-state index contributed by atoms with van der Waals surface area (Å²) in [5, 5.41) is 19.6. The SMILES string of the molecule is O=C(COc1cccc2c1C(=O)N(C1CCC(=O)NC1=O)C2=O)NCCCCCCCCNC(=O)C[C@H](NC(=O)OCC1c2ccccc2-c2ccccc21)C(=O)O. The van der Waals surface area contributed by atoms with Crippen LogP contribution < -0.4 is 26.0 Å². The second-order valence-corrected chi connectivity index (χ2v) is 14.3. The van der Waals surface area contributed by atoms with Crippen molar-refractivity contribution in [2.24, 2.45) is 0 Å². The van der Waals surface area contributed by atoms with E-state index in [0.29, 0.717) is 25.9 Å². The van der Waals surface area contributed by atoms with Crippen LogP contribution in [0.15, 0.2) is 66.7 Å². The van der Waals surface area contributed by atoms with Gasteiger partial charge < -0.3 is 30.5 Å². The zero-order valence-electron chi connectivity index (χ0n) is 31.8. The number of alkyl carbamates (subject to hydrolysis) is 1. The minimum atomic E-state index is -1.45. The molecule has 6 rings (SSSR count). The molecule has 0 aromatic heterocycles. The summed E-state index contributed by atoms with van der Waals surface area (Å²) < 4.78 is 11.0. The topological polar surface area (TPSA) is 227 Å². The maximum atomic E-state index is 13.2. The van der Waals surface area contributed by atoms with Gasteiger partial charge in [-0.25, -0.2) is 9.59 Å². The van der Waals surface area contributed by atoms with Gasteiger partial charge in [0, 0.05) is 25.4 Å². The molecule has 58 heavy (non-hydrogen) atoms. The fourth-order valence-electron chi connectivity index (χ4n) is 7.45. The lowest BCUT2D eigenvalue weighted by atomic mass is 9.98. The summed E-state index contributed by atoms with van der Waals surface area (Å²) in [6, 6.07) is 17.6. The van der Waals surface area contributed by atoms with Crippen LogP contribution >= 0.6 is 0 Å². The van der Waals surface area contributed by atoms with Crippen LogP contribution in [0.5, 0.6) is 5.75 Å². The van der Waals surface area contributed by atoms with Gasteiger partial charge in [-0.3, -0.25) is 39.0 Å². The second kappa shape index (κ2) is 19.0. The Hall–Kier alpha value is -6.58. The fourth-order valence-corrected chi connectivity index (χ4v) is 7.45. The number of fused-ring (bicyclic) bond motifs is 4. The van der Waals surface area contributed by atoms with Gasteiger partial charge in [0.1, 0.15) is 24.4 Å². The number of amides is 7. The van der Waals surface area contributed by atoms with Gasteiger partial charge in [-0.1, -0.05) is 80.3 Å². The first-order chi connectivity index (χ1) is 28.0. The van der Waals surface area contributed by atoms with Crippen LogP contribution in [0.2, 0.25) is 0 Å². The number of carboxylic acids is 1. The molecule has 2 aliphatic heterocycles. The highest BCUT2D eigenvalue weighted by Crippen LogP contribution is 2.44. The van der Waals surface area contributed by atoms with Crippen LogP contribution in [-0.4, -0.2) is 95.9 Å². The molecule has 16 heteroatoms. The fraction of sp³-hybridized carbons (Fsp3) is 0.381. The third-order valence-corrected chi connectivity index (χ3v) is 10.4. The summed E-state index contributed by atoms with van der Waals surface area (Å²) in [7, 11) is 0. The number of carbonyl (C=O) groups is 8. The molecule has 1 fully saturated rings. The van der Waals surface area contributed by atoms with Crippen LogP contribution in [0.4, 0.5) is 4.79 Å². The minimum absolute atomic E-state index is 0.000912. The minimum Gasteiger partial charge on any atom is -0.483 e. The van der Waals surface area contributed by atoms with Crippen molar-refractivity contribution in [3.8, 4) is 16.9 Å². The third kappa shape index (κ3) is 9.68. The van der Waals surface area contributed by atoms with Crippen LogP contribution in [-0.2, 0) is 28.7 Å². The van der Waals surface area contributed by atoms with Crippen molar-refractivity contribution in [3.05, 3.63) is 89.0 Å². The van der Waals surface area contributed by atoms with Crippen LogP contribution in [0.3, 0.4) is 0 Å². The normalized spacial score (nSPS) is 16.1. The number of aliphatic carboxylic acids is 1. The van der Waals surface area contributed by atoms with Gasteiger partial charge in [-0.15, -0.1) is 0 Å². The van der Waals surface area contributed by atoms with E-state index in [2.05, 4.69) is 21.3 Å². The van der Waals surface area contributed by atoms with Gasteiger partial charge in [0.05, 0.1) is 17.5 Å². The molecule has 0 radical (unpaired) electrons. The largest absolute Gasteiger partial charge is 0.483 e. The Labute approximate surface area is 334 Å². The average Bonchev–Trinajstić information content (AvgIpc) is 3.66. The molecule has 0 bridgehead atoms. The quantitative estimate of drug-likeness (QED) is 0.0873. The number of rotatable bonds is 19. The molecule has 2 atom stereocenters. The molecule has 1 aliphatic carbocycles. The Morgan fingerprint density at radius 1 is 0.759 bits per heavy atom. The molecular weight excluding hydrogens is 750 g/mol. The highest BCUT2D eigenvalue weighted by molar-refractivity contribution is 6.24. The van der Waals surface area contributed by atoms with Crippen LogP contribution in [0, 0.1) is 0 Å². The molecule has 16 nitrogen and oxygen atoms in total. The molecule has 0 spiro atoms. The molecule has 0 saturated carbocycles. The standard InChI is InChI=1S/C42H45N5O11/c48-34-19-18-32(38(51)46-34)47-39(52)29-16-11-17-33(37(29)40(47)53)57-24-36(50)44-21-10-4-2-1-3-9-20-43-35(49)22-31(41(54)55)45-42(56)58-23-30-27-14-7-5-12-25(27)26-13-6-8-15-28(26)30/h5-8,11-17,30-32H,1-4,9-10,18-24H2,(H,43,49)(H,44,50)(H,45,56)(H,54,55)(H,46,48,51)/t31-,32?/m0/s1. The Balaban J connectivity index is 0.809. The number of nitrogens with one attached hydrogen (secondary N) is 4. The molecule has 2 heterocycles. The number of imide groups is 2. The van der Waals surface area contributed by atoms with Gasteiger partial charge in [0.25, 0.3) is 17.7 Å². The average molecular weight is 796 g/mol. The molecule has 5 N–H and O–H groups in total. The van der Waals surface area contributed by atoms with Crippen molar-refractivity contribution >= 4 is 47.5 Å². The van der Waals surface area contributed by atoms with Gasteiger partial charge in [0.15, 0.2) is 6.61 Å². The molecule has 1 saturated heterocycles. The molecule has 3 aromatic carbocycles. The van der Waals surface area contributed by atoms with E-state index in [4.69, 9.17) is 9.47 Å². The Morgan fingerprint density at radius 3 is 2.00 bits per heavy atom. The van der Waals surface area contributed by atoms with E-state index >= 15 is 0 Å². The van der Waals surface area contributed by atoms with E-state index in [1.807, 2.05) is 48.5 Å². The summed E-state index contributed by atoms with van der Waals surface area (Å²) in [4.78, 5) is 100. The van der Waals surface area contributed by atoms with Crippen molar-refractivity contribution in [1.29, 1.82) is 0 Å². The summed E-state index contributed by atoms with van der Waals surface area (Å²) in [6.07, 6.45) is 3.51. The highest BCUT2D eigenvalue weighted by Gasteiger charge is 2.46. The number of hydrogen-bond donors (Lipinski definition) is 5. The number of carboxylic acid groups (broad SMARTS) is 1. The van der Waals surface area contributed by atoms with Crippen molar-refractivity contribution in [2.45, 2.75) is 75.8 Å².